The molecule has 4 rings (SSSR count). The molecule has 2 atom stereocenters. The van der Waals surface area contributed by atoms with E-state index in [1.165, 1.54) is 18.2 Å². The van der Waals surface area contributed by atoms with Crippen molar-refractivity contribution in [1.29, 1.82) is 0 Å². The van der Waals surface area contributed by atoms with E-state index >= 15 is 0 Å². The minimum absolute atomic E-state index is 0.00304. The maximum absolute atomic E-state index is 13.6. The Hall–Kier alpha value is -2.80. The number of hydrogen-bond donors (Lipinski definition) is 1. The summed E-state index contributed by atoms with van der Waals surface area (Å²) >= 11 is 1.61. The molecule has 1 amide bonds. The summed E-state index contributed by atoms with van der Waals surface area (Å²) < 4.78 is 20.0. The first kappa shape index (κ1) is 19.5. The Bertz CT molecular complexity index is 1000. The van der Waals surface area contributed by atoms with Crippen LogP contribution in [0.2, 0.25) is 0 Å². The van der Waals surface area contributed by atoms with Crippen molar-refractivity contribution in [1.82, 2.24) is 4.98 Å². The number of esters is 1. The van der Waals surface area contributed by atoms with Crippen LogP contribution in [-0.2, 0) is 14.3 Å². The van der Waals surface area contributed by atoms with Gasteiger partial charge in [-0.1, -0.05) is 37.1 Å². The van der Waals surface area contributed by atoms with E-state index in [1.54, 1.807) is 17.4 Å². The summed E-state index contributed by atoms with van der Waals surface area (Å²) in [5.74, 6) is -1.79. The van der Waals surface area contributed by atoms with Gasteiger partial charge in [0, 0.05) is 5.92 Å². The molecule has 0 aliphatic heterocycles. The molecular weight excluding hydrogens is 391 g/mol. The molecular formula is C22H21FN2O3S. The number of nitrogens with zero attached hydrogens (tertiary/aromatic N) is 1. The summed E-state index contributed by atoms with van der Waals surface area (Å²) in [5, 5.41) is 3.38. The van der Waals surface area contributed by atoms with Crippen LogP contribution in [0, 0.1) is 11.7 Å². The summed E-state index contributed by atoms with van der Waals surface area (Å²) in [7, 11) is 0. The summed E-state index contributed by atoms with van der Waals surface area (Å²) in [6.45, 7) is -0.434. The molecule has 1 fully saturated rings. The second kappa shape index (κ2) is 8.69. The maximum atomic E-state index is 13.6. The van der Waals surface area contributed by atoms with Gasteiger partial charge in [-0.05, 0) is 37.1 Å². The number of hydrogen-bond acceptors (Lipinski definition) is 5. The average Bonchev–Trinajstić information content (AvgIpc) is 3.18. The largest absolute Gasteiger partial charge is 0.455 e. The number of thiazole rings is 1. The van der Waals surface area contributed by atoms with Crippen LogP contribution < -0.4 is 5.32 Å². The summed E-state index contributed by atoms with van der Waals surface area (Å²) in [5.41, 5.74) is 1.01. The topological polar surface area (TPSA) is 68.3 Å². The number of ether oxygens (including phenoxy) is 1. The zero-order valence-corrected chi connectivity index (χ0v) is 16.6. The number of aromatic nitrogens is 1. The molecule has 3 aromatic rings. The molecule has 1 aliphatic rings. The number of para-hydroxylation sites is 2. The SMILES string of the molecule is O=C(COC(=O)[C@@H]1CCCC[C@@H]1c1nc2ccccc2s1)Nc1ccccc1F. The van der Waals surface area contributed by atoms with Crippen molar-refractivity contribution in [3.05, 3.63) is 59.4 Å². The Balaban J connectivity index is 1.41. The van der Waals surface area contributed by atoms with Crippen molar-refractivity contribution in [2.75, 3.05) is 11.9 Å². The molecule has 150 valence electrons. The van der Waals surface area contributed by atoms with Gasteiger partial charge in [0.15, 0.2) is 6.61 Å². The van der Waals surface area contributed by atoms with Crippen LogP contribution >= 0.6 is 11.3 Å². The number of carbonyl (C=O) groups is 2. The second-order valence-corrected chi connectivity index (χ2v) is 8.22. The minimum Gasteiger partial charge on any atom is -0.455 e. The van der Waals surface area contributed by atoms with Crippen LogP contribution in [0.4, 0.5) is 10.1 Å². The van der Waals surface area contributed by atoms with Gasteiger partial charge < -0.3 is 10.1 Å². The Kier molecular flexibility index (Phi) is 5.85. The average molecular weight is 412 g/mol. The number of amides is 1. The molecule has 1 heterocycles. The lowest BCUT2D eigenvalue weighted by Gasteiger charge is -2.28. The van der Waals surface area contributed by atoms with Gasteiger partial charge in [0.1, 0.15) is 5.82 Å². The van der Waals surface area contributed by atoms with Crippen molar-refractivity contribution in [3.63, 3.8) is 0 Å². The second-order valence-electron chi connectivity index (χ2n) is 7.15. The number of nitrogens with one attached hydrogen (secondary N) is 1. The normalized spacial score (nSPS) is 19.1. The number of halogens is 1. The maximum Gasteiger partial charge on any atom is 0.310 e. The fourth-order valence-corrected chi connectivity index (χ4v) is 4.92. The number of fused-ring (bicyclic) bond motifs is 1. The van der Waals surface area contributed by atoms with Gasteiger partial charge in [0.2, 0.25) is 0 Å². The Morgan fingerprint density at radius 3 is 2.69 bits per heavy atom. The van der Waals surface area contributed by atoms with Gasteiger partial charge in [0.05, 0.1) is 26.8 Å². The van der Waals surface area contributed by atoms with E-state index in [-0.39, 0.29) is 17.5 Å². The number of anilines is 1. The molecule has 2 aromatic carbocycles. The Labute approximate surface area is 171 Å². The van der Waals surface area contributed by atoms with E-state index < -0.39 is 24.3 Å². The number of benzene rings is 2. The first-order valence-electron chi connectivity index (χ1n) is 9.68. The molecule has 0 spiro atoms. The predicted molar refractivity (Wildman–Crippen MR) is 110 cm³/mol. The van der Waals surface area contributed by atoms with E-state index in [2.05, 4.69) is 5.32 Å². The smallest absolute Gasteiger partial charge is 0.310 e. The molecule has 7 heteroatoms. The van der Waals surface area contributed by atoms with Crippen LogP contribution in [0.1, 0.15) is 36.6 Å². The molecule has 0 unspecified atom stereocenters. The molecule has 1 aromatic heterocycles. The molecule has 0 radical (unpaired) electrons. The number of rotatable bonds is 5. The monoisotopic (exact) mass is 412 g/mol. The van der Waals surface area contributed by atoms with E-state index in [0.717, 1.165) is 34.5 Å². The third-order valence-electron chi connectivity index (χ3n) is 5.19. The fourth-order valence-electron chi connectivity index (χ4n) is 3.75. The van der Waals surface area contributed by atoms with Crippen LogP contribution in [-0.4, -0.2) is 23.5 Å². The predicted octanol–water partition coefficient (Wildman–Crippen LogP) is 4.89. The molecule has 1 N–H and O–H groups in total. The van der Waals surface area contributed by atoms with Gasteiger partial charge in [-0.3, -0.25) is 9.59 Å². The van der Waals surface area contributed by atoms with Crippen LogP contribution in [0.25, 0.3) is 10.2 Å². The molecule has 0 saturated heterocycles. The standard InChI is InChI=1S/C22H21FN2O3S/c23-16-9-3-4-10-17(16)24-20(26)13-28-22(27)15-8-2-1-7-14(15)21-25-18-11-5-6-12-19(18)29-21/h3-6,9-12,14-15H,1-2,7-8,13H2,(H,24,26)/t14-,15+/m0/s1. The molecule has 1 saturated carbocycles. The molecule has 5 nitrogen and oxygen atoms in total. The minimum atomic E-state index is -0.559. The summed E-state index contributed by atoms with van der Waals surface area (Å²) in [6, 6.07) is 13.8. The van der Waals surface area contributed by atoms with Crippen molar-refractivity contribution < 1.29 is 18.7 Å². The lowest BCUT2D eigenvalue weighted by molar-refractivity contribution is -0.153. The lowest BCUT2D eigenvalue weighted by Crippen LogP contribution is -2.30. The van der Waals surface area contributed by atoms with Crippen LogP contribution in [0.3, 0.4) is 0 Å². The molecule has 1 aliphatic carbocycles. The van der Waals surface area contributed by atoms with E-state index in [0.29, 0.717) is 6.42 Å². The third kappa shape index (κ3) is 4.45. The summed E-state index contributed by atoms with van der Waals surface area (Å²) in [6.07, 6.45) is 3.58. The Morgan fingerprint density at radius 1 is 1.10 bits per heavy atom. The van der Waals surface area contributed by atoms with Crippen molar-refractivity contribution in [2.24, 2.45) is 5.92 Å². The highest BCUT2D eigenvalue weighted by atomic mass is 32.1. The lowest BCUT2D eigenvalue weighted by atomic mass is 9.79. The third-order valence-corrected chi connectivity index (χ3v) is 6.36. The van der Waals surface area contributed by atoms with E-state index in [9.17, 15) is 14.0 Å². The van der Waals surface area contributed by atoms with Crippen molar-refractivity contribution in [3.8, 4) is 0 Å². The van der Waals surface area contributed by atoms with Gasteiger partial charge in [-0.2, -0.15) is 0 Å². The molecule has 0 bridgehead atoms. The quantitative estimate of drug-likeness (QED) is 0.606. The van der Waals surface area contributed by atoms with Gasteiger partial charge in [-0.15, -0.1) is 11.3 Å². The Morgan fingerprint density at radius 2 is 1.86 bits per heavy atom. The van der Waals surface area contributed by atoms with Crippen LogP contribution in [0.5, 0.6) is 0 Å². The van der Waals surface area contributed by atoms with Gasteiger partial charge in [-0.25, -0.2) is 9.37 Å². The van der Waals surface area contributed by atoms with Crippen molar-refractivity contribution >= 4 is 39.1 Å². The van der Waals surface area contributed by atoms with E-state index in [4.69, 9.17) is 9.72 Å². The van der Waals surface area contributed by atoms with Gasteiger partial charge >= 0.3 is 5.97 Å². The molecule has 29 heavy (non-hydrogen) atoms. The zero-order valence-electron chi connectivity index (χ0n) is 15.8. The highest BCUT2D eigenvalue weighted by molar-refractivity contribution is 7.18. The summed E-state index contributed by atoms with van der Waals surface area (Å²) in [4.78, 5) is 29.5. The fraction of sp³-hybridized carbons (Fsp3) is 0.318. The first-order chi connectivity index (χ1) is 14.1. The van der Waals surface area contributed by atoms with Crippen molar-refractivity contribution in [2.45, 2.75) is 31.6 Å². The highest BCUT2D eigenvalue weighted by Gasteiger charge is 2.35. The number of carbonyl (C=O) groups excluding carboxylic acids is 2. The first-order valence-corrected chi connectivity index (χ1v) is 10.5. The van der Waals surface area contributed by atoms with Crippen LogP contribution in [0.15, 0.2) is 48.5 Å². The zero-order chi connectivity index (χ0) is 20.2. The highest BCUT2D eigenvalue weighted by Crippen LogP contribution is 2.41. The van der Waals surface area contributed by atoms with Gasteiger partial charge in [0.25, 0.3) is 5.91 Å². The van der Waals surface area contributed by atoms with E-state index in [1.807, 2.05) is 24.3 Å².